The van der Waals surface area contributed by atoms with Crippen molar-refractivity contribution < 1.29 is 0 Å². The van der Waals surface area contributed by atoms with E-state index in [1.165, 1.54) is 238 Å². The minimum Gasteiger partial charge on any atom is -0.355 e. The second-order valence-electron chi connectivity index (χ2n) is 45.5. The molecule has 13 atom stereocenters. The smallest absolute Gasteiger partial charge is 0.0566 e. The summed E-state index contributed by atoms with van der Waals surface area (Å²) in [6.45, 7) is 9.31. The average Bonchev–Trinajstić information content (AvgIpc) is 1.18. The predicted molar refractivity (Wildman–Crippen MR) is 624 cm³/mol. The van der Waals surface area contributed by atoms with Crippen molar-refractivity contribution in [2.75, 3.05) is 20.0 Å². The van der Waals surface area contributed by atoms with Gasteiger partial charge in [-0.05, 0) is 343 Å². The number of rotatable bonds is 11. The zero-order valence-corrected chi connectivity index (χ0v) is 86.1. The summed E-state index contributed by atoms with van der Waals surface area (Å²) in [5, 5.41) is 15.5. The van der Waals surface area contributed by atoms with Crippen LogP contribution in [0.4, 0.5) is 56.9 Å². The Labute approximate surface area is 873 Å². The maximum Gasteiger partial charge on any atom is 0.0566 e. The highest BCUT2D eigenvalue weighted by Gasteiger charge is 2.56. The first-order valence-electron chi connectivity index (χ1n) is 55.8. The molecular formula is C140H136N8. The number of fused-ring (bicyclic) bond motifs is 24. The van der Waals surface area contributed by atoms with Crippen LogP contribution in [0.3, 0.4) is 0 Å². The zero-order valence-electron chi connectivity index (χ0n) is 86.1. The highest BCUT2D eigenvalue weighted by atomic mass is 15.2. The molecule has 8 nitrogen and oxygen atoms in total. The van der Waals surface area contributed by atoms with Gasteiger partial charge in [-0.3, -0.25) is 0 Å². The van der Waals surface area contributed by atoms with Gasteiger partial charge < -0.3 is 39.9 Å². The molecule has 148 heavy (non-hydrogen) atoms. The number of anilines is 10. The number of nitrogens with one attached hydrogen (secondary N) is 4. The van der Waals surface area contributed by atoms with Crippen LogP contribution < -0.4 is 25.3 Å². The Morgan fingerprint density at radius 1 is 0.270 bits per heavy atom. The molecule has 8 fully saturated rings. The minimum atomic E-state index is -0.0683. The monoisotopic (exact) mass is 1930 g/mol. The summed E-state index contributed by atoms with van der Waals surface area (Å²) in [6, 6.07) is 153. The number of benzene rings is 17. The van der Waals surface area contributed by atoms with E-state index in [4.69, 9.17) is 0 Å². The van der Waals surface area contributed by atoms with Crippen molar-refractivity contribution in [1.29, 1.82) is 0 Å². The van der Waals surface area contributed by atoms with E-state index in [9.17, 15) is 0 Å². The van der Waals surface area contributed by atoms with Crippen LogP contribution in [0.15, 0.2) is 419 Å². The number of aromatic amines is 2. The largest absolute Gasteiger partial charge is 0.355 e. The van der Waals surface area contributed by atoms with Gasteiger partial charge in [-0.25, -0.2) is 0 Å². The van der Waals surface area contributed by atoms with Crippen LogP contribution in [0.25, 0.3) is 104 Å². The van der Waals surface area contributed by atoms with Crippen molar-refractivity contribution in [2.45, 2.75) is 179 Å². The van der Waals surface area contributed by atoms with E-state index in [-0.39, 0.29) is 10.8 Å². The maximum absolute atomic E-state index is 4.18. The van der Waals surface area contributed by atoms with Crippen LogP contribution in [-0.2, 0) is 10.8 Å². The summed E-state index contributed by atoms with van der Waals surface area (Å²) in [5.74, 6) is 10.7. The Morgan fingerprint density at radius 3 is 1.34 bits per heavy atom. The lowest BCUT2D eigenvalue weighted by Gasteiger charge is -2.42. The fraction of sp³-hybridized carbons (Fsp3) is 0.271. The molecule has 0 radical (unpaired) electrons. The second-order valence-corrected chi connectivity index (χ2v) is 45.5. The molecule has 1 saturated heterocycles. The molecule has 3 aromatic heterocycles. The van der Waals surface area contributed by atoms with Crippen molar-refractivity contribution in [1.82, 2.24) is 19.9 Å². The highest BCUT2D eigenvalue weighted by molar-refractivity contribution is 6.24. The first-order valence-corrected chi connectivity index (χ1v) is 55.8. The van der Waals surface area contributed by atoms with Gasteiger partial charge in [-0.15, -0.1) is 0 Å². The van der Waals surface area contributed by atoms with E-state index in [1.807, 2.05) is 0 Å². The summed E-state index contributed by atoms with van der Waals surface area (Å²) in [6.07, 6.45) is 28.8. The molecule has 17 aromatic carbocycles. The Kier molecular flexibility index (Phi) is 25.1. The van der Waals surface area contributed by atoms with Crippen molar-refractivity contribution in [3.8, 4) is 39.1 Å². The molecule has 30 rings (SSSR count). The molecule has 3 aliphatic heterocycles. The molecule has 7 aliphatic carbocycles. The van der Waals surface area contributed by atoms with Crippen LogP contribution in [0.5, 0.6) is 0 Å². The molecule has 20 aromatic rings. The third-order valence-corrected chi connectivity index (χ3v) is 36.9. The minimum absolute atomic E-state index is 0.0494. The molecule has 7 saturated carbocycles. The van der Waals surface area contributed by atoms with Gasteiger partial charge in [0.05, 0.1) is 27.9 Å². The van der Waals surface area contributed by atoms with Crippen molar-refractivity contribution in [3.63, 3.8) is 0 Å². The average molecular weight is 1930 g/mol. The molecular weight excluding hydrogens is 1790 g/mol. The van der Waals surface area contributed by atoms with Crippen LogP contribution >= 0.6 is 0 Å². The van der Waals surface area contributed by atoms with E-state index >= 15 is 0 Å². The predicted octanol–water partition coefficient (Wildman–Crippen LogP) is 37.6. The van der Waals surface area contributed by atoms with Crippen LogP contribution in [0.1, 0.15) is 172 Å². The van der Waals surface area contributed by atoms with Gasteiger partial charge in [-0.2, -0.15) is 0 Å². The number of hydrogen-bond acceptors (Lipinski definition) is 5. The summed E-state index contributed by atoms with van der Waals surface area (Å²) in [5.41, 5.74) is 33.1. The van der Waals surface area contributed by atoms with Gasteiger partial charge >= 0.3 is 0 Å². The molecule has 0 spiro atoms. The quantitative estimate of drug-likeness (QED) is 0.104. The van der Waals surface area contributed by atoms with E-state index in [0.29, 0.717) is 6.04 Å². The van der Waals surface area contributed by atoms with Gasteiger partial charge in [0.1, 0.15) is 0 Å². The first-order chi connectivity index (χ1) is 72.9. The van der Waals surface area contributed by atoms with Gasteiger partial charge in [0, 0.05) is 129 Å². The van der Waals surface area contributed by atoms with Crippen molar-refractivity contribution in [2.24, 2.45) is 59.2 Å². The lowest BCUT2D eigenvalue weighted by molar-refractivity contribution is 0.118. The normalized spacial score (nSPS) is 22.7. The van der Waals surface area contributed by atoms with Crippen molar-refractivity contribution >= 4 is 122 Å². The number of aromatic nitrogens is 3. The molecule has 13 unspecified atom stereocenters. The number of nitrogens with zero attached hydrogens (tertiary/aromatic N) is 4. The molecule has 736 valence electrons. The van der Waals surface area contributed by atoms with E-state index in [1.54, 1.807) is 44.9 Å². The Balaban J connectivity index is 0.0000000968. The SMILES string of the molecule is C1CCC2C(C1)CC1C2CCC2C3CCCCC3NC21.CC1(C)c2ccccc2Nc2ccc(-c3ccc(N4c5ccccc5C(C)(C)c5ccccc54)cc3)cc21.c1ccc(-c2ccc3c(c2)c2cc(-c4ccccc4)ccc2n3-c2ccc(N(c3ccccc3)c3ccccc3)cc2)cc1.c1ccc(N(c2ccccc2)C2CCC3CC4CCCCC4C3C2)cc1.c1ccc2c(c1)[nH]c1c2ccc2[nH]c3ccccc3c21. The number of hydrogen-bond donors (Lipinski definition) is 4. The molecule has 0 bridgehead atoms. The Hall–Kier alpha value is -14.7. The fourth-order valence-corrected chi connectivity index (χ4v) is 30.1. The van der Waals surface area contributed by atoms with Gasteiger partial charge in [-0.1, -0.05) is 340 Å². The first kappa shape index (κ1) is 93.1. The summed E-state index contributed by atoms with van der Waals surface area (Å²) in [7, 11) is 0. The van der Waals surface area contributed by atoms with E-state index < -0.39 is 0 Å². The van der Waals surface area contributed by atoms with Crippen LogP contribution in [-0.4, -0.2) is 32.7 Å². The van der Waals surface area contributed by atoms with Gasteiger partial charge in [0.25, 0.3) is 0 Å². The molecule has 6 heterocycles. The Bertz CT molecular complexity index is 7860. The summed E-state index contributed by atoms with van der Waals surface area (Å²) >= 11 is 0. The molecule has 10 aliphatic rings. The van der Waals surface area contributed by atoms with E-state index in [0.717, 1.165) is 94.0 Å². The van der Waals surface area contributed by atoms with Gasteiger partial charge in [0.2, 0.25) is 0 Å². The Morgan fingerprint density at radius 2 is 0.723 bits per heavy atom. The van der Waals surface area contributed by atoms with Crippen LogP contribution in [0.2, 0.25) is 0 Å². The molecule has 4 N–H and O–H groups in total. The summed E-state index contributed by atoms with van der Waals surface area (Å²) in [4.78, 5) is 14.4. The second kappa shape index (κ2) is 39.8. The maximum atomic E-state index is 4.18. The zero-order chi connectivity index (χ0) is 98.9. The third-order valence-electron chi connectivity index (χ3n) is 36.9. The lowest BCUT2D eigenvalue weighted by atomic mass is 9.65. The molecule has 8 heteroatoms. The third kappa shape index (κ3) is 17.3. The van der Waals surface area contributed by atoms with E-state index in [2.05, 4.69) is 486 Å². The fourth-order valence-electron chi connectivity index (χ4n) is 30.1. The number of H-pyrrole nitrogens is 2. The standard InChI is InChI=1S/C42H30N2.C36H32N2.C25H31N.C19H31N.C18H12N2/c1-5-13-31(14-6-1)33-21-27-41-39(29-33)40-30-34(32-15-7-2-8-16-32)22-28-42(40)44(41)38-25-23-37(24-26-38)43(35-17-9-3-10-18-35)36-19-11-4-12-20-36;1-35(2)27-11-5-8-14-31(27)37-32-22-19-25(23-30(32)35)24-17-20-26(21-18-24)38-33-15-9-6-12-28(33)36(3,4)29-13-7-10-16-34(29)38;1-3-10-21(11-4-1)26(22-12-5-2-6-13-22)23-16-15-20-17-19-9-7-8-14-24(19)25(20)18-23;1-2-6-13-12(5-1)11-17-14(13)9-10-16-15-7-3-4-8-18(15)20-19(16)17;1-3-7-14-11(5-1)12-9-10-16-17(18(12)20-14)13-6-2-4-8-15(13)19-16/h1-30H;5-23,37H,1-4H3;1-6,10-13,19-20,23-25H,7-9,14-18H2;12-20H,1-11H2;1-10,19-20H. The topological polar surface area (TPSA) is 70.3 Å². The summed E-state index contributed by atoms with van der Waals surface area (Å²) < 4.78 is 2.40. The highest BCUT2D eigenvalue weighted by Crippen LogP contribution is 2.61. The lowest BCUT2D eigenvalue weighted by Crippen LogP contribution is -2.43. The van der Waals surface area contributed by atoms with Crippen molar-refractivity contribution in [3.05, 3.63) is 441 Å². The van der Waals surface area contributed by atoms with Crippen LogP contribution in [0, 0.1) is 59.2 Å². The number of para-hydroxylation sites is 9. The molecule has 0 amide bonds. The van der Waals surface area contributed by atoms with Gasteiger partial charge in [0.15, 0.2) is 0 Å².